The summed E-state index contributed by atoms with van der Waals surface area (Å²) in [5.74, 6) is -0.820. The van der Waals surface area contributed by atoms with Crippen molar-refractivity contribution in [2.75, 3.05) is 0 Å². The van der Waals surface area contributed by atoms with E-state index in [-0.39, 0.29) is 17.6 Å². The molecule has 0 radical (unpaired) electrons. The monoisotopic (exact) mass is 250 g/mol. The molecule has 0 saturated heterocycles. The van der Waals surface area contributed by atoms with Gasteiger partial charge in [0.25, 0.3) is 0 Å². The molecule has 0 fully saturated rings. The van der Waals surface area contributed by atoms with Crippen molar-refractivity contribution < 1.29 is 19.7 Å². The van der Waals surface area contributed by atoms with Gasteiger partial charge >= 0.3 is 5.97 Å². The van der Waals surface area contributed by atoms with E-state index in [1.54, 1.807) is 6.07 Å². The molecule has 1 unspecified atom stereocenters. The lowest BCUT2D eigenvalue weighted by Gasteiger charge is -2.09. The van der Waals surface area contributed by atoms with Crippen molar-refractivity contribution in [1.29, 1.82) is 0 Å². The summed E-state index contributed by atoms with van der Waals surface area (Å²) in [4.78, 5) is 11.4. The van der Waals surface area contributed by atoms with Gasteiger partial charge in [0.05, 0.1) is 6.10 Å². The molecular weight excluding hydrogens is 232 g/mol. The highest BCUT2D eigenvalue weighted by Crippen LogP contribution is 2.25. The molecule has 1 aromatic rings. The van der Waals surface area contributed by atoms with Gasteiger partial charge in [0, 0.05) is 6.08 Å². The molecule has 18 heavy (non-hydrogen) atoms. The van der Waals surface area contributed by atoms with Crippen molar-refractivity contribution >= 4 is 12.0 Å². The normalized spacial score (nSPS) is 12.6. The van der Waals surface area contributed by atoms with Crippen LogP contribution < -0.4 is 0 Å². The molecule has 0 spiro atoms. The molecule has 0 bridgehead atoms. The quantitative estimate of drug-likeness (QED) is 0.479. The average Bonchev–Trinajstić information content (AvgIpc) is 2.31. The van der Waals surface area contributed by atoms with Crippen molar-refractivity contribution in [2.45, 2.75) is 32.8 Å². The summed E-state index contributed by atoms with van der Waals surface area (Å²) in [5.41, 5.74) is 0.616. The Balaban J connectivity index is 2.58. The third-order valence-corrected chi connectivity index (χ3v) is 2.42. The van der Waals surface area contributed by atoms with E-state index in [9.17, 15) is 9.90 Å². The third-order valence-electron chi connectivity index (χ3n) is 2.42. The van der Waals surface area contributed by atoms with E-state index in [2.05, 4.69) is 0 Å². The number of hydrogen-bond acceptors (Lipinski definition) is 4. The maximum absolute atomic E-state index is 11.4. The SMILES string of the molecule is CCCC(C)OC(=O)/C=C/c1ccc(O)c(O)c1. The maximum Gasteiger partial charge on any atom is 0.331 e. The summed E-state index contributed by atoms with van der Waals surface area (Å²) in [6, 6.07) is 4.32. The first-order valence-corrected chi connectivity index (χ1v) is 5.93. The lowest BCUT2D eigenvalue weighted by Crippen LogP contribution is -2.12. The van der Waals surface area contributed by atoms with Crippen LogP contribution in [0.5, 0.6) is 11.5 Å². The van der Waals surface area contributed by atoms with Gasteiger partial charge in [-0.05, 0) is 37.1 Å². The summed E-state index contributed by atoms with van der Waals surface area (Å²) >= 11 is 0. The van der Waals surface area contributed by atoms with E-state index < -0.39 is 5.97 Å². The van der Waals surface area contributed by atoms with Gasteiger partial charge in [-0.2, -0.15) is 0 Å². The molecule has 0 aliphatic heterocycles. The summed E-state index contributed by atoms with van der Waals surface area (Å²) in [5, 5.41) is 18.4. The van der Waals surface area contributed by atoms with Crippen LogP contribution in [-0.4, -0.2) is 22.3 Å². The molecule has 1 rings (SSSR count). The van der Waals surface area contributed by atoms with Crippen molar-refractivity contribution in [2.24, 2.45) is 0 Å². The minimum absolute atomic E-state index is 0.0969. The number of benzene rings is 1. The summed E-state index contributed by atoms with van der Waals surface area (Å²) in [6.07, 6.45) is 4.53. The highest BCUT2D eigenvalue weighted by atomic mass is 16.5. The molecule has 98 valence electrons. The number of hydrogen-bond donors (Lipinski definition) is 2. The second-order valence-electron chi connectivity index (χ2n) is 4.12. The Morgan fingerprint density at radius 3 is 2.72 bits per heavy atom. The first-order valence-electron chi connectivity index (χ1n) is 5.93. The second kappa shape index (κ2) is 6.69. The molecule has 1 atom stereocenters. The summed E-state index contributed by atoms with van der Waals surface area (Å²) in [6.45, 7) is 3.88. The van der Waals surface area contributed by atoms with E-state index in [0.29, 0.717) is 5.56 Å². The lowest BCUT2D eigenvalue weighted by atomic mass is 10.2. The van der Waals surface area contributed by atoms with E-state index in [4.69, 9.17) is 9.84 Å². The minimum atomic E-state index is -0.413. The lowest BCUT2D eigenvalue weighted by molar-refractivity contribution is -0.142. The molecule has 0 aliphatic rings. The van der Waals surface area contributed by atoms with Gasteiger partial charge in [-0.25, -0.2) is 4.79 Å². The fourth-order valence-corrected chi connectivity index (χ4v) is 1.51. The standard InChI is InChI=1S/C14H18O4/c1-3-4-10(2)18-14(17)8-6-11-5-7-12(15)13(16)9-11/h5-10,15-16H,3-4H2,1-2H3/b8-6+. The van der Waals surface area contributed by atoms with E-state index in [1.807, 2.05) is 13.8 Å². The number of esters is 1. The number of carbonyl (C=O) groups excluding carboxylic acids is 1. The molecule has 0 heterocycles. The van der Waals surface area contributed by atoms with Crippen LogP contribution in [0.2, 0.25) is 0 Å². The van der Waals surface area contributed by atoms with Gasteiger partial charge in [0.15, 0.2) is 11.5 Å². The number of rotatable bonds is 5. The molecule has 1 aromatic carbocycles. The number of ether oxygens (including phenoxy) is 1. The van der Waals surface area contributed by atoms with Crippen LogP contribution in [0, 0.1) is 0 Å². The number of carbonyl (C=O) groups is 1. The fraction of sp³-hybridized carbons (Fsp3) is 0.357. The van der Waals surface area contributed by atoms with E-state index in [0.717, 1.165) is 12.8 Å². The first-order chi connectivity index (χ1) is 8.52. The zero-order valence-corrected chi connectivity index (χ0v) is 10.6. The predicted octanol–water partition coefficient (Wildman–Crippen LogP) is 2.84. The Morgan fingerprint density at radius 2 is 2.11 bits per heavy atom. The van der Waals surface area contributed by atoms with Crippen molar-refractivity contribution in [3.63, 3.8) is 0 Å². The first kappa shape index (κ1) is 14.1. The Kier molecular flexibility index (Phi) is 5.24. The Hall–Kier alpha value is -1.97. The zero-order chi connectivity index (χ0) is 13.5. The molecular formula is C14H18O4. The van der Waals surface area contributed by atoms with Crippen molar-refractivity contribution in [3.05, 3.63) is 29.8 Å². The Bertz CT molecular complexity index is 437. The summed E-state index contributed by atoms with van der Waals surface area (Å²) in [7, 11) is 0. The number of aromatic hydroxyl groups is 2. The smallest absolute Gasteiger partial charge is 0.331 e. The largest absolute Gasteiger partial charge is 0.504 e. The van der Waals surface area contributed by atoms with Crippen LogP contribution >= 0.6 is 0 Å². The number of phenolic OH excluding ortho intramolecular Hbond substituents is 2. The highest BCUT2D eigenvalue weighted by Gasteiger charge is 2.05. The third kappa shape index (κ3) is 4.49. The fourth-order valence-electron chi connectivity index (χ4n) is 1.51. The van der Waals surface area contributed by atoms with Crippen LogP contribution in [0.1, 0.15) is 32.3 Å². The molecule has 4 heteroatoms. The molecule has 4 nitrogen and oxygen atoms in total. The van der Waals surface area contributed by atoms with E-state index >= 15 is 0 Å². The second-order valence-corrected chi connectivity index (χ2v) is 4.12. The predicted molar refractivity (Wildman–Crippen MR) is 69.3 cm³/mol. The molecule has 0 aliphatic carbocycles. The average molecular weight is 250 g/mol. The van der Waals surface area contributed by atoms with Gasteiger partial charge in [0.1, 0.15) is 0 Å². The van der Waals surface area contributed by atoms with Crippen LogP contribution in [-0.2, 0) is 9.53 Å². The van der Waals surface area contributed by atoms with Crippen molar-refractivity contribution in [1.82, 2.24) is 0 Å². The van der Waals surface area contributed by atoms with E-state index in [1.165, 1.54) is 24.3 Å². The van der Waals surface area contributed by atoms with Gasteiger partial charge in [-0.1, -0.05) is 19.4 Å². The van der Waals surface area contributed by atoms with Gasteiger partial charge in [0.2, 0.25) is 0 Å². The van der Waals surface area contributed by atoms with Crippen molar-refractivity contribution in [3.8, 4) is 11.5 Å². The van der Waals surface area contributed by atoms with Gasteiger partial charge in [-0.15, -0.1) is 0 Å². The van der Waals surface area contributed by atoms with Gasteiger partial charge in [-0.3, -0.25) is 0 Å². The van der Waals surface area contributed by atoms with Crippen LogP contribution in [0.3, 0.4) is 0 Å². The van der Waals surface area contributed by atoms with Crippen LogP contribution in [0.4, 0.5) is 0 Å². The Morgan fingerprint density at radius 1 is 1.39 bits per heavy atom. The summed E-state index contributed by atoms with van der Waals surface area (Å²) < 4.78 is 5.13. The Labute approximate surface area is 107 Å². The zero-order valence-electron chi connectivity index (χ0n) is 10.6. The maximum atomic E-state index is 11.4. The van der Waals surface area contributed by atoms with Crippen LogP contribution in [0.25, 0.3) is 6.08 Å². The molecule has 0 saturated carbocycles. The molecule has 2 N–H and O–H groups in total. The number of phenols is 2. The van der Waals surface area contributed by atoms with Gasteiger partial charge < -0.3 is 14.9 Å². The highest BCUT2D eigenvalue weighted by molar-refractivity contribution is 5.87. The van der Waals surface area contributed by atoms with Crippen LogP contribution in [0.15, 0.2) is 24.3 Å². The molecule has 0 amide bonds. The topological polar surface area (TPSA) is 66.8 Å². The molecule has 0 aromatic heterocycles. The minimum Gasteiger partial charge on any atom is -0.504 e.